The molecule has 180 valence electrons. The molecule has 8 heteroatoms. The lowest BCUT2D eigenvalue weighted by molar-refractivity contribution is -0.140. The fraction of sp³-hybridized carbons (Fsp3) is 0.222. The van der Waals surface area contributed by atoms with Gasteiger partial charge in [0, 0.05) is 10.4 Å². The van der Waals surface area contributed by atoms with Crippen LogP contribution in [0, 0.1) is 0 Å². The average molecular weight is 537 g/mol. The fourth-order valence-corrected chi connectivity index (χ4v) is 4.58. The van der Waals surface area contributed by atoms with Gasteiger partial charge < -0.3 is 20.5 Å². The molecule has 0 spiro atoms. The molecule has 3 N–H and O–H groups in total. The van der Waals surface area contributed by atoms with E-state index >= 15 is 0 Å². The van der Waals surface area contributed by atoms with Gasteiger partial charge in [-0.25, -0.2) is 4.79 Å². The highest BCUT2D eigenvalue weighted by Gasteiger charge is 2.30. The second kappa shape index (κ2) is 10.7. The van der Waals surface area contributed by atoms with E-state index in [1.807, 2.05) is 72.8 Å². The first-order valence-corrected chi connectivity index (χ1v) is 12.0. The van der Waals surface area contributed by atoms with E-state index in [-0.39, 0.29) is 18.6 Å². The fourth-order valence-electron chi connectivity index (χ4n) is 4.32. The molecule has 7 nitrogen and oxygen atoms in total. The molecule has 0 saturated heterocycles. The highest BCUT2D eigenvalue weighted by Crippen LogP contribution is 2.44. The van der Waals surface area contributed by atoms with Crippen molar-refractivity contribution in [2.75, 3.05) is 6.61 Å². The maximum Gasteiger partial charge on any atom is 0.407 e. The largest absolute Gasteiger partial charge is 0.481 e. The molecule has 0 fully saturated rings. The number of carbonyl (C=O) groups is 3. The summed E-state index contributed by atoms with van der Waals surface area (Å²) in [5.74, 6) is -1.95. The Bertz CT molecular complexity index is 1200. The van der Waals surface area contributed by atoms with Crippen LogP contribution >= 0.6 is 15.9 Å². The minimum Gasteiger partial charge on any atom is -0.481 e. The van der Waals surface area contributed by atoms with E-state index in [0.29, 0.717) is 0 Å². The second-order valence-corrected chi connectivity index (χ2v) is 9.32. The van der Waals surface area contributed by atoms with E-state index in [9.17, 15) is 19.5 Å². The van der Waals surface area contributed by atoms with E-state index in [4.69, 9.17) is 4.74 Å². The number of hydrogen-bond donors (Lipinski definition) is 3. The van der Waals surface area contributed by atoms with Gasteiger partial charge in [-0.2, -0.15) is 0 Å². The minimum atomic E-state index is -1.28. The Hall–Kier alpha value is -3.65. The van der Waals surface area contributed by atoms with Gasteiger partial charge in [0.15, 0.2) is 0 Å². The number of ether oxygens (including phenoxy) is 1. The summed E-state index contributed by atoms with van der Waals surface area (Å²) in [6.07, 6.45) is -1.41. The molecule has 0 aliphatic heterocycles. The van der Waals surface area contributed by atoms with E-state index in [2.05, 4.69) is 26.6 Å². The first kappa shape index (κ1) is 24.5. The Morgan fingerprint density at radius 2 is 1.49 bits per heavy atom. The molecule has 1 aliphatic rings. The van der Waals surface area contributed by atoms with Crippen LogP contribution in [0.5, 0.6) is 0 Å². The van der Waals surface area contributed by atoms with Crippen LogP contribution in [0.1, 0.15) is 42.0 Å². The van der Waals surface area contributed by atoms with Gasteiger partial charge in [-0.15, -0.1) is 0 Å². The van der Waals surface area contributed by atoms with Crippen molar-refractivity contribution in [3.63, 3.8) is 0 Å². The Kier molecular flexibility index (Phi) is 7.51. The Labute approximate surface area is 211 Å². The molecular formula is C27H25BrN2O5. The average Bonchev–Trinajstić information content (AvgIpc) is 3.16. The Balaban J connectivity index is 1.40. The van der Waals surface area contributed by atoms with Gasteiger partial charge in [0.05, 0.1) is 12.5 Å². The molecule has 0 bridgehead atoms. The quantitative estimate of drug-likeness (QED) is 0.375. The third-order valence-electron chi connectivity index (χ3n) is 6.06. The summed E-state index contributed by atoms with van der Waals surface area (Å²) < 4.78 is 6.38. The predicted molar refractivity (Wildman–Crippen MR) is 135 cm³/mol. The number of aliphatic carboxylic acids is 1. The molecule has 35 heavy (non-hydrogen) atoms. The summed E-state index contributed by atoms with van der Waals surface area (Å²) in [6, 6.07) is 21.6. The predicted octanol–water partition coefficient (Wildman–Crippen LogP) is 5.01. The number of rotatable bonds is 8. The van der Waals surface area contributed by atoms with Gasteiger partial charge in [-0.3, -0.25) is 9.59 Å². The van der Waals surface area contributed by atoms with Gasteiger partial charge >= 0.3 is 12.1 Å². The van der Waals surface area contributed by atoms with Crippen LogP contribution in [0.4, 0.5) is 4.79 Å². The summed E-state index contributed by atoms with van der Waals surface area (Å²) in [5.41, 5.74) is 5.16. The first-order valence-electron chi connectivity index (χ1n) is 11.2. The van der Waals surface area contributed by atoms with Crippen LogP contribution in [0.25, 0.3) is 11.1 Å². The third kappa shape index (κ3) is 5.71. The van der Waals surface area contributed by atoms with Crippen LogP contribution in [0.15, 0.2) is 77.3 Å². The van der Waals surface area contributed by atoms with Crippen LogP contribution in [0.3, 0.4) is 0 Å². The second-order valence-electron chi connectivity index (χ2n) is 8.40. The van der Waals surface area contributed by atoms with Crippen molar-refractivity contribution >= 4 is 33.9 Å². The Morgan fingerprint density at radius 3 is 2.06 bits per heavy atom. The van der Waals surface area contributed by atoms with Crippen molar-refractivity contribution < 1.29 is 24.2 Å². The van der Waals surface area contributed by atoms with Gasteiger partial charge in [-0.05, 0) is 46.9 Å². The van der Waals surface area contributed by atoms with Crippen molar-refractivity contribution in [2.45, 2.75) is 31.3 Å². The molecule has 1 aliphatic carbocycles. The van der Waals surface area contributed by atoms with Crippen LogP contribution in [-0.4, -0.2) is 35.7 Å². The van der Waals surface area contributed by atoms with Gasteiger partial charge in [0.1, 0.15) is 12.6 Å². The summed E-state index contributed by atoms with van der Waals surface area (Å²) in [4.78, 5) is 36.8. The molecule has 0 saturated carbocycles. The number of alkyl carbamates (subject to hydrolysis) is 1. The normalized spacial score (nSPS) is 13.8. The highest BCUT2D eigenvalue weighted by molar-refractivity contribution is 9.10. The first-order chi connectivity index (χ1) is 16.8. The van der Waals surface area contributed by atoms with Crippen molar-refractivity contribution in [1.82, 2.24) is 10.6 Å². The van der Waals surface area contributed by atoms with E-state index < -0.39 is 30.4 Å². The van der Waals surface area contributed by atoms with E-state index in [1.165, 1.54) is 0 Å². The summed E-state index contributed by atoms with van der Waals surface area (Å²) in [5, 5.41) is 14.5. The third-order valence-corrected chi connectivity index (χ3v) is 6.59. The number of hydrogen-bond acceptors (Lipinski definition) is 4. The Morgan fingerprint density at radius 1 is 0.914 bits per heavy atom. The highest BCUT2D eigenvalue weighted by atomic mass is 79.9. The van der Waals surface area contributed by atoms with Crippen LogP contribution in [0.2, 0.25) is 0 Å². The number of fused-ring (bicyclic) bond motifs is 3. The number of carboxylic acids is 1. The molecule has 0 radical (unpaired) electrons. The minimum absolute atomic E-state index is 0.0660. The SMILES string of the molecule is C[C@H](NC(=O)C(CC(=O)O)NC(=O)OCC1c2ccccc2-c2ccccc21)c1ccc(Br)cc1. The van der Waals surface area contributed by atoms with E-state index in [0.717, 1.165) is 32.3 Å². The molecule has 2 amide bonds. The van der Waals surface area contributed by atoms with Gasteiger partial charge in [0.25, 0.3) is 0 Å². The number of benzene rings is 3. The number of carbonyl (C=O) groups excluding carboxylic acids is 2. The summed E-state index contributed by atoms with van der Waals surface area (Å²) in [6.45, 7) is 1.85. The van der Waals surface area contributed by atoms with Gasteiger partial charge in [0.2, 0.25) is 5.91 Å². The van der Waals surface area contributed by atoms with Crippen molar-refractivity contribution in [3.8, 4) is 11.1 Å². The molecule has 3 aromatic carbocycles. The van der Waals surface area contributed by atoms with Crippen LogP contribution < -0.4 is 10.6 Å². The maximum absolute atomic E-state index is 12.8. The smallest absolute Gasteiger partial charge is 0.407 e. The summed E-state index contributed by atoms with van der Waals surface area (Å²) >= 11 is 3.37. The lowest BCUT2D eigenvalue weighted by Crippen LogP contribution is -2.48. The molecule has 1 unspecified atom stereocenters. The topological polar surface area (TPSA) is 105 Å². The molecule has 2 atom stereocenters. The molecular weight excluding hydrogens is 512 g/mol. The van der Waals surface area contributed by atoms with E-state index in [1.54, 1.807) is 6.92 Å². The zero-order valence-electron chi connectivity index (χ0n) is 19.0. The monoisotopic (exact) mass is 536 g/mol. The molecule has 4 rings (SSSR count). The zero-order valence-corrected chi connectivity index (χ0v) is 20.6. The molecule has 3 aromatic rings. The van der Waals surface area contributed by atoms with Crippen molar-refractivity contribution in [1.29, 1.82) is 0 Å². The van der Waals surface area contributed by atoms with Gasteiger partial charge in [-0.1, -0.05) is 76.6 Å². The standard InChI is InChI=1S/C27H25BrN2O5/c1-16(17-10-12-18(28)13-11-17)29-26(33)24(14-25(31)32)30-27(34)35-15-23-21-8-4-2-6-19(21)20-7-3-5-9-22(20)23/h2-13,16,23-24H,14-15H2,1H3,(H,29,33)(H,30,34)(H,31,32)/t16-,24?/m0/s1. The number of carboxylic acid groups (broad SMARTS) is 1. The summed E-state index contributed by atoms with van der Waals surface area (Å²) in [7, 11) is 0. The maximum atomic E-state index is 12.8. The van der Waals surface area contributed by atoms with Crippen molar-refractivity contribution in [3.05, 3.63) is 94.0 Å². The molecule has 0 aromatic heterocycles. The number of halogens is 1. The van der Waals surface area contributed by atoms with Crippen LogP contribution in [-0.2, 0) is 14.3 Å². The molecule has 0 heterocycles. The zero-order chi connectivity index (χ0) is 24.9. The lowest BCUT2D eigenvalue weighted by Gasteiger charge is -2.21. The lowest BCUT2D eigenvalue weighted by atomic mass is 9.98. The number of amides is 2. The van der Waals surface area contributed by atoms with Crippen molar-refractivity contribution in [2.24, 2.45) is 0 Å². The number of nitrogens with one attached hydrogen (secondary N) is 2.